The van der Waals surface area contributed by atoms with E-state index < -0.39 is 0 Å². The van der Waals surface area contributed by atoms with Gasteiger partial charge in [0.15, 0.2) is 5.13 Å². The van der Waals surface area contributed by atoms with E-state index in [1.807, 2.05) is 19.2 Å². The van der Waals surface area contributed by atoms with Crippen LogP contribution in [0.4, 0.5) is 5.13 Å². The average molecular weight is 186 g/mol. The molecule has 1 N–H and O–H groups in total. The van der Waals surface area contributed by atoms with Crippen molar-refractivity contribution < 1.29 is 4.74 Å². The Bertz CT molecular complexity index is 225. The fraction of sp³-hybridized carbons (Fsp3) is 0.625. The molecule has 0 saturated heterocycles. The first-order valence-corrected chi connectivity index (χ1v) is 4.94. The smallest absolute Gasteiger partial charge is 0.182 e. The van der Waals surface area contributed by atoms with E-state index in [0.717, 1.165) is 30.6 Å². The van der Waals surface area contributed by atoms with Crippen LogP contribution in [0.3, 0.4) is 0 Å². The van der Waals surface area contributed by atoms with Gasteiger partial charge in [-0.1, -0.05) is 0 Å². The first kappa shape index (κ1) is 9.48. The van der Waals surface area contributed by atoms with Crippen LogP contribution >= 0.6 is 11.3 Å². The van der Waals surface area contributed by atoms with Gasteiger partial charge in [0.05, 0.1) is 12.3 Å². The van der Waals surface area contributed by atoms with Crippen molar-refractivity contribution in [2.24, 2.45) is 0 Å². The van der Waals surface area contributed by atoms with Gasteiger partial charge < -0.3 is 10.1 Å². The second-order valence-corrected chi connectivity index (χ2v) is 3.28. The van der Waals surface area contributed by atoms with Crippen molar-refractivity contribution in [2.45, 2.75) is 13.8 Å². The van der Waals surface area contributed by atoms with Crippen LogP contribution in [0.2, 0.25) is 0 Å². The number of anilines is 1. The number of hydrogen-bond acceptors (Lipinski definition) is 4. The highest BCUT2D eigenvalue weighted by Gasteiger charge is 1.95. The minimum atomic E-state index is 0.745. The summed E-state index contributed by atoms with van der Waals surface area (Å²) in [6.07, 6.45) is 0. The Morgan fingerprint density at radius 2 is 2.50 bits per heavy atom. The van der Waals surface area contributed by atoms with Crippen molar-refractivity contribution in [1.82, 2.24) is 4.98 Å². The van der Waals surface area contributed by atoms with Gasteiger partial charge in [0.1, 0.15) is 0 Å². The molecule has 0 atom stereocenters. The minimum absolute atomic E-state index is 0.745. The molecular formula is C8H14N2OS. The molecule has 0 aliphatic rings. The van der Waals surface area contributed by atoms with E-state index in [9.17, 15) is 0 Å². The van der Waals surface area contributed by atoms with E-state index in [0.29, 0.717) is 0 Å². The predicted molar refractivity (Wildman–Crippen MR) is 51.8 cm³/mol. The molecule has 0 unspecified atom stereocenters. The highest BCUT2D eigenvalue weighted by molar-refractivity contribution is 7.13. The lowest BCUT2D eigenvalue weighted by Crippen LogP contribution is -2.08. The van der Waals surface area contributed by atoms with E-state index in [1.54, 1.807) is 11.3 Å². The van der Waals surface area contributed by atoms with E-state index in [1.165, 1.54) is 0 Å². The Hall–Kier alpha value is -0.610. The Morgan fingerprint density at radius 3 is 3.08 bits per heavy atom. The van der Waals surface area contributed by atoms with Gasteiger partial charge in [-0.25, -0.2) is 4.98 Å². The normalized spacial score (nSPS) is 10.2. The second-order valence-electron chi connectivity index (χ2n) is 2.42. The molecule has 0 fully saturated rings. The van der Waals surface area contributed by atoms with Crippen molar-refractivity contribution in [3.8, 4) is 0 Å². The molecule has 0 bridgehead atoms. The van der Waals surface area contributed by atoms with Gasteiger partial charge in [0.25, 0.3) is 0 Å². The van der Waals surface area contributed by atoms with Crippen molar-refractivity contribution in [1.29, 1.82) is 0 Å². The standard InChI is InChI=1S/C8H14N2OS/c1-3-11-5-4-9-8-10-7(2)6-12-8/h6H,3-5H2,1-2H3,(H,9,10). The maximum absolute atomic E-state index is 5.18. The van der Waals surface area contributed by atoms with E-state index in [2.05, 4.69) is 10.3 Å². The molecule has 1 aromatic rings. The largest absolute Gasteiger partial charge is 0.380 e. The van der Waals surface area contributed by atoms with E-state index >= 15 is 0 Å². The van der Waals surface area contributed by atoms with Crippen molar-refractivity contribution in [3.05, 3.63) is 11.1 Å². The number of thiazole rings is 1. The Balaban J connectivity index is 2.15. The summed E-state index contributed by atoms with van der Waals surface area (Å²) in [5, 5.41) is 6.19. The third-order valence-corrected chi connectivity index (χ3v) is 2.26. The van der Waals surface area contributed by atoms with Gasteiger partial charge in [-0.3, -0.25) is 0 Å². The predicted octanol–water partition coefficient (Wildman–Crippen LogP) is 1.90. The van der Waals surface area contributed by atoms with E-state index in [-0.39, 0.29) is 0 Å². The molecule has 0 radical (unpaired) electrons. The molecule has 0 saturated carbocycles. The Kier molecular flexibility index (Phi) is 4.04. The SMILES string of the molecule is CCOCCNc1nc(C)cs1. The topological polar surface area (TPSA) is 34.1 Å². The van der Waals surface area contributed by atoms with Gasteiger partial charge in [-0.15, -0.1) is 11.3 Å². The van der Waals surface area contributed by atoms with Crippen LogP contribution in [-0.4, -0.2) is 24.7 Å². The number of nitrogens with zero attached hydrogens (tertiary/aromatic N) is 1. The number of aromatic nitrogens is 1. The summed E-state index contributed by atoms with van der Waals surface area (Å²) in [5.74, 6) is 0. The Labute approximate surface area is 76.8 Å². The highest BCUT2D eigenvalue weighted by atomic mass is 32.1. The zero-order valence-electron chi connectivity index (χ0n) is 7.46. The van der Waals surface area contributed by atoms with Crippen LogP contribution < -0.4 is 5.32 Å². The second kappa shape index (κ2) is 5.11. The van der Waals surface area contributed by atoms with Crippen LogP contribution in [0.15, 0.2) is 5.38 Å². The molecular weight excluding hydrogens is 172 g/mol. The Morgan fingerprint density at radius 1 is 1.67 bits per heavy atom. The molecule has 0 aliphatic heterocycles. The summed E-state index contributed by atoms with van der Waals surface area (Å²) >= 11 is 1.63. The van der Waals surface area contributed by atoms with Gasteiger partial charge in [-0.2, -0.15) is 0 Å². The molecule has 1 aromatic heterocycles. The number of ether oxygens (including phenoxy) is 1. The molecule has 0 aromatic carbocycles. The molecule has 0 amide bonds. The maximum Gasteiger partial charge on any atom is 0.182 e. The fourth-order valence-electron chi connectivity index (χ4n) is 0.810. The third kappa shape index (κ3) is 3.19. The quantitative estimate of drug-likeness (QED) is 0.713. The third-order valence-electron chi connectivity index (χ3n) is 1.35. The van der Waals surface area contributed by atoms with Crippen molar-refractivity contribution in [3.63, 3.8) is 0 Å². The van der Waals surface area contributed by atoms with Gasteiger partial charge >= 0.3 is 0 Å². The zero-order chi connectivity index (χ0) is 8.81. The highest BCUT2D eigenvalue weighted by Crippen LogP contribution is 2.13. The van der Waals surface area contributed by atoms with Crippen LogP contribution in [0, 0.1) is 6.92 Å². The summed E-state index contributed by atoms with van der Waals surface area (Å²) < 4.78 is 5.18. The molecule has 12 heavy (non-hydrogen) atoms. The molecule has 68 valence electrons. The molecule has 4 heteroatoms. The average Bonchev–Trinajstić information content (AvgIpc) is 2.45. The summed E-state index contributed by atoms with van der Waals surface area (Å²) in [6.45, 7) is 6.34. The molecule has 3 nitrogen and oxygen atoms in total. The van der Waals surface area contributed by atoms with Crippen molar-refractivity contribution in [2.75, 3.05) is 25.1 Å². The van der Waals surface area contributed by atoms with Gasteiger partial charge in [0.2, 0.25) is 0 Å². The van der Waals surface area contributed by atoms with Gasteiger partial charge in [-0.05, 0) is 13.8 Å². The zero-order valence-corrected chi connectivity index (χ0v) is 8.28. The fourth-order valence-corrected chi connectivity index (χ4v) is 1.53. The molecule has 1 heterocycles. The maximum atomic E-state index is 5.18. The van der Waals surface area contributed by atoms with Crippen LogP contribution in [-0.2, 0) is 4.74 Å². The van der Waals surface area contributed by atoms with Crippen molar-refractivity contribution >= 4 is 16.5 Å². The molecule has 0 aliphatic carbocycles. The monoisotopic (exact) mass is 186 g/mol. The lowest BCUT2D eigenvalue weighted by molar-refractivity contribution is 0.158. The minimum Gasteiger partial charge on any atom is -0.380 e. The molecule has 1 rings (SSSR count). The number of rotatable bonds is 5. The summed E-state index contributed by atoms with van der Waals surface area (Å²) in [5.41, 5.74) is 1.07. The lowest BCUT2D eigenvalue weighted by Gasteiger charge is -2.01. The van der Waals surface area contributed by atoms with Crippen LogP contribution in [0.1, 0.15) is 12.6 Å². The summed E-state index contributed by atoms with van der Waals surface area (Å²) in [7, 11) is 0. The number of hydrogen-bond donors (Lipinski definition) is 1. The first-order valence-electron chi connectivity index (χ1n) is 4.06. The summed E-state index contributed by atoms with van der Waals surface area (Å²) in [4.78, 5) is 4.26. The first-order chi connectivity index (χ1) is 5.83. The van der Waals surface area contributed by atoms with Crippen LogP contribution in [0.25, 0.3) is 0 Å². The van der Waals surface area contributed by atoms with Gasteiger partial charge in [0, 0.05) is 18.5 Å². The summed E-state index contributed by atoms with van der Waals surface area (Å²) in [6, 6.07) is 0. The molecule has 0 spiro atoms. The number of aryl methyl sites for hydroxylation is 1. The van der Waals surface area contributed by atoms with Crippen LogP contribution in [0.5, 0.6) is 0 Å². The lowest BCUT2D eigenvalue weighted by atomic mass is 10.6. The number of nitrogens with one attached hydrogen (secondary N) is 1. The van der Waals surface area contributed by atoms with E-state index in [4.69, 9.17) is 4.74 Å².